The first-order chi connectivity index (χ1) is 16.4. The third-order valence-electron chi connectivity index (χ3n) is 6.24. The molecule has 1 atom stereocenters. The minimum atomic E-state index is -0.763. The van der Waals surface area contributed by atoms with Crippen molar-refractivity contribution >= 4 is 43.6 Å². The number of carbonyl (C=O) groups excluding carboxylic acids is 1. The number of anilines is 1. The standard InChI is InChI=1S/C27H20N2O4S/c1-14(2)15-10-11-19-21(13-15)34-27(28-19)29-23(16-6-5-7-17(30)12-16)22-24(31)18-8-3-4-9-20(18)33-25(22)26(29)32/h3-14,23,30H,1-2H3. The monoisotopic (exact) mass is 468 g/mol. The van der Waals surface area contributed by atoms with E-state index < -0.39 is 11.9 Å². The Morgan fingerprint density at radius 3 is 2.65 bits per heavy atom. The molecule has 0 spiro atoms. The summed E-state index contributed by atoms with van der Waals surface area (Å²) in [5, 5.41) is 11.0. The molecule has 1 unspecified atom stereocenters. The number of fused-ring (bicyclic) bond motifs is 3. The number of hydrogen-bond donors (Lipinski definition) is 1. The van der Waals surface area contributed by atoms with Crippen LogP contribution >= 0.6 is 11.3 Å². The second-order valence-electron chi connectivity index (χ2n) is 8.72. The van der Waals surface area contributed by atoms with E-state index in [1.54, 1.807) is 48.5 Å². The number of carbonyl (C=O) groups is 1. The van der Waals surface area contributed by atoms with E-state index in [0.717, 1.165) is 10.2 Å². The molecule has 7 heteroatoms. The number of phenols is 1. The van der Waals surface area contributed by atoms with Crippen LogP contribution in [0.2, 0.25) is 0 Å². The summed E-state index contributed by atoms with van der Waals surface area (Å²) in [7, 11) is 0. The summed E-state index contributed by atoms with van der Waals surface area (Å²) in [5.74, 6) is 0.00446. The first-order valence-corrected chi connectivity index (χ1v) is 11.8. The molecule has 1 aliphatic heterocycles. The van der Waals surface area contributed by atoms with E-state index in [0.29, 0.717) is 27.6 Å². The van der Waals surface area contributed by atoms with Crippen LogP contribution in [-0.4, -0.2) is 16.0 Å². The Morgan fingerprint density at radius 2 is 1.85 bits per heavy atom. The number of hydrogen-bond acceptors (Lipinski definition) is 6. The van der Waals surface area contributed by atoms with E-state index >= 15 is 0 Å². The zero-order valence-electron chi connectivity index (χ0n) is 18.5. The molecule has 5 aromatic rings. The highest BCUT2D eigenvalue weighted by molar-refractivity contribution is 7.22. The highest BCUT2D eigenvalue weighted by atomic mass is 32.1. The zero-order valence-corrected chi connectivity index (χ0v) is 19.3. The molecule has 1 aliphatic rings. The summed E-state index contributed by atoms with van der Waals surface area (Å²) < 4.78 is 6.94. The van der Waals surface area contributed by atoms with Gasteiger partial charge >= 0.3 is 0 Å². The first kappa shape index (κ1) is 20.6. The lowest BCUT2D eigenvalue weighted by atomic mass is 9.98. The van der Waals surface area contributed by atoms with Crippen molar-refractivity contribution in [3.63, 3.8) is 0 Å². The van der Waals surface area contributed by atoms with Gasteiger partial charge in [-0.25, -0.2) is 4.98 Å². The first-order valence-electron chi connectivity index (χ1n) is 11.0. The van der Waals surface area contributed by atoms with E-state index in [1.165, 1.54) is 21.8 Å². The Kier molecular flexibility index (Phi) is 4.57. The number of rotatable bonds is 3. The van der Waals surface area contributed by atoms with Gasteiger partial charge in [-0.1, -0.05) is 55.5 Å². The molecule has 0 fully saturated rings. The van der Waals surface area contributed by atoms with Gasteiger partial charge in [0.1, 0.15) is 11.3 Å². The average molecular weight is 469 g/mol. The predicted octanol–water partition coefficient (Wildman–Crippen LogP) is 5.98. The number of benzene rings is 3. The number of thiazole rings is 1. The van der Waals surface area contributed by atoms with E-state index in [-0.39, 0.29) is 22.5 Å². The van der Waals surface area contributed by atoms with Gasteiger partial charge in [0.25, 0.3) is 5.91 Å². The number of para-hydroxylation sites is 1. The van der Waals surface area contributed by atoms with Crippen molar-refractivity contribution in [3.8, 4) is 5.75 Å². The predicted molar refractivity (Wildman–Crippen MR) is 133 cm³/mol. The Bertz CT molecular complexity index is 1670. The van der Waals surface area contributed by atoms with Crippen molar-refractivity contribution in [1.82, 2.24) is 4.98 Å². The topological polar surface area (TPSA) is 83.6 Å². The second kappa shape index (κ2) is 7.53. The van der Waals surface area contributed by atoms with Crippen LogP contribution in [0.15, 0.2) is 75.9 Å². The maximum absolute atomic E-state index is 13.7. The van der Waals surface area contributed by atoms with Gasteiger partial charge in [-0.05, 0) is 53.4 Å². The number of aromatic hydroxyl groups is 1. The van der Waals surface area contributed by atoms with Crippen LogP contribution in [0.4, 0.5) is 5.13 Å². The van der Waals surface area contributed by atoms with Crippen molar-refractivity contribution in [2.75, 3.05) is 4.90 Å². The minimum Gasteiger partial charge on any atom is -0.508 e. The Labute approximate surface area is 198 Å². The van der Waals surface area contributed by atoms with Crippen LogP contribution in [-0.2, 0) is 0 Å². The maximum Gasteiger partial charge on any atom is 0.297 e. The summed E-state index contributed by atoms with van der Waals surface area (Å²) in [5.41, 5.74) is 2.94. The molecule has 1 amide bonds. The number of aromatic nitrogens is 1. The molecule has 0 saturated carbocycles. The lowest BCUT2D eigenvalue weighted by Crippen LogP contribution is -2.29. The highest BCUT2D eigenvalue weighted by Crippen LogP contribution is 2.44. The van der Waals surface area contributed by atoms with Crippen molar-refractivity contribution < 1.29 is 14.3 Å². The number of amides is 1. The Balaban J connectivity index is 1.61. The van der Waals surface area contributed by atoms with Gasteiger partial charge in [0, 0.05) is 0 Å². The van der Waals surface area contributed by atoms with Crippen LogP contribution in [0.5, 0.6) is 5.75 Å². The summed E-state index contributed by atoms with van der Waals surface area (Å²) in [6.07, 6.45) is 0. The van der Waals surface area contributed by atoms with Crippen molar-refractivity contribution in [2.24, 2.45) is 0 Å². The second-order valence-corrected chi connectivity index (χ2v) is 9.73. The smallest absolute Gasteiger partial charge is 0.297 e. The summed E-state index contributed by atoms with van der Waals surface area (Å²) >= 11 is 1.40. The summed E-state index contributed by atoms with van der Waals surface area (Å²) in [4.78, 5) is 33.6. The van der Waals surface area contributed by atoms with E-state index in [1.807, 2.05) is 12.1 Å². The molecule has 34 heavy (non-hydrogen) atoms. The Hall–Kier alpha value is -3.97. The fourth-order valence-electron chi connectivity index (χ4n) is 4.52. The minimum absolute atomic E-state index is 0.0131. The van der Waals surface area contributed by atoms with E-state index in [2.05, 4.69) is 19.9 Å². The lowest BCUT2D eigenvalue weighted by molar-refractivity contribution is 0.0971. The van der Waals surface area contributed by atoms with Crippen LogP contribution in [0.25, 0.3) is 21.2 Å². The highest BCUT2D eigenvalue weighted by Gasteiger charge is 2.45. The molecule has 168 valence electrons. The van der Waals surface area contributed by atoms with Crippen molar-refractivity contribution in [1.29, 1.82) is 0 Å². The van der Waals surface area contributed by atoms with Crippen LogP contribution in [0.3, 0.4) is 0 Å². The molecular formula is C27H20N2O4S. The van der Waals surface area contributed by atoms with Gasteiger partial charge in [0.2, 0.25) is 5.76 Å². The summed E-state index contributed by atoms with van der Waals surface area (Å²) in [6.45, 7) is 4.26. The fraction of sp³-hybridized carbons (Fsp3) is 0.148. The average Bonchev–Trinajstić information content (AvgIpc) is 3.37. The number of nitrogens with zero attached hydrogens (tertiary/aromatic N) is 2. The quantitative estimate of drug-likeness (QED) is 0.352. The van der Waals surface area contributed by atoms with Crippen LogP contribution < -0.4 is 10.3 Å². The molecule has 3 heterocycles. The van der Waals surface area contributed by atoms with Gasteiger partial charge in [-0.3, -0.25) is 14.5 Å². The molecule has 6 rings (SSSR count). The third kappa shape index (κ3) is 3.04. The maximum atomic E-state index is 13.7. The van der Waals surface area contributed by atoms with Gasteiger partial charge in [0.15, 0.2) is 10.6 Å². The fourth-order valence-corrected chi connectivity index (χ4v) is 5.56. The van der Waals surface area contributed by atoms with Crippen molar-refractivity contribution in [3.05, 3.63) is 99.4 Å². The molecule has 3 aromatic carbocycles. The Morgan fingerprint density at radius 1 is 1.03 bits per heavy atom. The van der Waals surface area contributed by atoms with Gasteiger partial charge in [-0.15, -0.1) is 0 Å². The van der Waals surface area contributed by atoms with Gasteiger partial charge in [-0.2, -0.15) is 0 Å². The van der Waals surface area contributed by atoms with Crippen molar-refractivity contribution in [2.45, 2.75) is 25.8 Å². The van der Waals surface area contributed by atoms with Gasteiger partial charge < -0.3 is 9.52 Å². The zero-order chi connectivity index (χ0) is 23.6. The lowest BCUT2D eigenvalue weighted by Gasteiger charge is -2.22. The summed E-state index contributed by atoms with van der Waals surface area (Å²) in [6, 6.07) is 18.8. The SMILES string of the molecule is CC(C)c1ccc2nc(N3C(=O)c4oc5ccccc5c(=O)c4C3c3cccc(O)c3)sc2c1. The molecular weight excluding hydrogens is 448 g/mol. The number of phenolic OH excluding ortho intramolecular Hbond substituents is 1. The third-order valence-corrected chi connectivity index (χ3v) is 7.25. The van der Waals surface area contributed by atoms with Crippen LogP contribution in [0.1, 0.15) is 53.1 Å². The molecule has 6 nitrogen and oxygen atoms in total. The van der Waals surface area contributed by atoms with Gasteiger partial charge in [0.05, 0.1) is 27.2 Å². The molecule has 1 N–H and O–H groups in total. The van der Waals surface area contributed by atoms with Crippen LogP contribution in [0, 0.1) is 0 Å². The van der Waals surface area contributed by atoms with E-state index in [4.69, 9.17) is 9.40 Å². The molecule has 2 aromatic heterocycles. The molecule has 0 aliphatic carbocycles. The molecule has 0 saturated heterocycles. The molecule has 0 bridgehead atoms. The largest absolute Gasteiger partial charge is 0.508 e. The normalized spacial score (nSPS) is 15.6. The molecule has 0 radical (unpaired) electrons. The van der Waals surface area contributed by atoms with E-state index in [9.17, 15) is 14.7 Å².